The predicted octanol–water partition coefficient (Wildman–Crippen LogP) is 4.30. The van der Waals surface area contributed by atoms with Crippen molar-refractivity contribution in [2.75, 3.05) is 12.4 Å². The fourth-order valence-corrected chi connectivity index (χ4v) is 5.81. The summed E-state index contributed by atoms with van der Waals surface area (Å²) in [6, 6.07) is 16.1. The summed E-state index contributed by atoms with van der Waals surface area (Å²) >= 11 is 1.61. The molecular formula is C24H22F3N3O4S. The molecule has 2 aromatic carbocycles. The number of halogens is 3. The number of amidine groups is 1. The Kier molecular flexibility index (Phi) is 6.71. The van der Waals surface area contributed by atoms with E-state index in [1.54, 1.807) is 11.8 Å². The van der Waals surface area contributed by atoms with Gasteiger partial charge in [0, 0.05) is 17.7 Å². The highest BCUT2D eigenvalue weighted by Gasteiger charge is 2.56. The molecule has 0 aromatic heterocycles. The molecule has 0 aliphatic carbocycles. The second-order valence-corrected chi connectivity index (χ2v) is 9.41. The Hall–Kier alpha value is -3.23. The van der Waals surface area contributed by atoms with Gasteiger partial charge in [-0.2, -0.15) is 18.4 Å². The van der Waals surface area contributed by atoms with Crippen LogP contribution in [0.15, 0.2) is 47.5 Å². The fourth-order valence-electron chi connectivity index (χ4n) is 4.80. The van der Waals surface area contributed by atoms with Crippen LogP contribution in [-0.2, 0) is 15.1 Å². The van der Waals surface area contributed by atoms with Crippen LogP contribution in [0.4, 0.5) is 13.2 Å². The first-order chi connectivity index (χ1) is 16.5. The summed E-state index contributed by atoms with van der Waals surface area (Å²) in [5.41, 5.74) is 9.49. The first-order valence-electron chi connectivity index (χ1n) is 10.8. The van der Waals surface area contributed by atoms with Crippen molar-refractivity contribution < 1.29 is 32.5 Å². The van der Waals surface area contributed by atoms with Crippen molar-refractivity contribution in [3.8, 4) is 22.9 Å². The van der Waals surface area contributed by atoms with Crippen LogP contribution in [0.25, 0.3) is 11.1 Å². The Balaban J connectivity index is 0.000000364. The number of fused-ring (bicyclic) bond motifs is 4. The molecule has 4 atom stereocenters. The van der Waals surface area contributed by atoms with Gasteiger partial charge in [-0.3, -0.25) is 0 Å². The number of carbonyl (C=O) groups is 1. The maximum Gasteiger partial charge on any atom is 0.490 e. The molecule has 3 N–H and O–H groups in total. The molecule has 2 aromatic rings. The van der Waals surface area contributed by atoms with Crippen molar-refractivity contribution in [3.63, 3.8) is 0 Å². The fraction of sp³-hybridized carbons (Fsp3) is 0.375. The normalized spacial score (nSPS) is 26.8. The first-order valence-corrected chi connectivity index (χ1v) is 11.8. The van der Waals surface area contributed by atoms with Gasteiger partial charge in [-0.15, -0.1) is 0 Å². The van der Waals surface area contributed by atoms with E-state index < -0.39 is 17.7 Å². The maximum atomic E-state index is 10.6. The molecule has 184 valence electrons. The zero-order valence-electron chi connectivity index (χ0n) is 18.6. The van der Waals surface area contributed by atoms with Gasteiger partial charge in [0.1, 0.15) is 17.4 Å². The van der Waals surface area contributed by atoms with Crippen molar-refractivity contribution in [1.29, 1.82) is 5.26 Å². The predicted molar refractivity (Wildman–Crippen MR) is 124 cm³/mol. The van der Waals surface area contributed by atoms with Gasteiger partial charge in [-0.1, -0.05) is 30.0 Å². The quantitative estimate of drug-likeness (QED) is 0.593. The average Bonchev–Trinajstić information content (AvgIpc) is 3.20. The number of thioether (sulfide) groups is 1. The van der Waals surface area contributed by atoms with Gasteiger partial charge < -0.3 is 20.3 Å². The highest BCUT2D eigenvalue weighted by Crippen LogP contribution is 2.54. The third-order valence-electron chi connectivity index (χ3n) is 6.28. The second kappa shape index (κ2) is 9.43. The van der Waals surface area contributed by atoms with E-state index in [9.17, 15) is 18.4 Å². The van der Waals surface area contributed by atoms with Crippen LogP contribution in [0.3, 0.4) is 0 Å². The summed E-state index contributed by atoms with van der Waals surface area (Å²) in [4.78, 5) is 13.9. The molecular weight excluding hydrogens is 483 g/mol. The lowest BCUT2D eigenvalue weighted by molar-refractivity contribution is -0.192. The third-order valence-corrected chi connectivity index (χ3v) is 7.25. The lowest BCUT2D eigenvalue weighted by atomic mass is 9.70. The van der Waals surface area contributed by atoms with Crippen molar-refractivity contribution in [2.45, 2.75) is 37.3 Å². The molecule has 0 amide bonds. The molecule has 35 heavy (non-hydrogen) atoms. The number of ether oxygens (including phenoxy) is 2. The molecule has 0 radical (unpaired) electrons. The van der Waals surface area contributed by atoms with Crippen LogP contribution in [0.5, 0.6) is 5.75 Å². The maximum absolute atomic E-state index is 10.6. The number of nitriles is 1. The summed E-state index contributed by atoms with van der Waals surface area (Å²) in [6.07, 6.45) is -4.09. The molecule has 1 spiro atoms. The summed E-state index contributed by atoms with van der Waals surface area (Å²) < 4.78 is 44.1. The number of hydrogen-bond acceptors (Lipinski definition) is 7. The Bertz CT molecular complexity index is 1210. The number of benzene rings is 2. The number of alkyl halides is 3. The molecule has 1 saturated heterocycles. The Morgan fingerprint density at radius 3 is 2.63 bits per heavy atom. The molecule has 0 saturated carbocycles. The van der Waals surface area contributed by atoms with Gasteiger partial charge in [0.25, 0.3) is 0 Å². The third kappa shape index (κ3) is 4.81. The van der Waals surface area contributed by atoms with E-state index >= 15 is 0 Å². The molecule has 3 heterocycles. The standard InChI is InChI=1S/C22H21N3O2S.C2HF3O2/c1-13-20-19(7-8-26-13)27-18-6-5-16(15-4-2-3-14(9-15)11-23)10-17(18)22(20)12-28-21(24)25-22;3-2(4,5)1(6)7/h2-6,9-10,13,19-20H,7-8,12H2,1H3,(H2,24,25);(H,6,7)/t13-,19-,20-,22+;/m1./s1. The number of nitrogens with zero attached hydrogens (tertiary/aromatic N) is 2. The van der Waals surface area contributed by atoms with Crippen molar-refractivity contribution >= 4 is 22.9 Å². The zero-order valence-corrected chi connectivity index (χ0v) is 19.4. The molecule has 0 unspecified atom stereocenters. The van der Waals surface area contributed by atoms with Crippen molar-refractivity contribution in [1.82, 2.24) is 0 Å². The Labute approximate surface area is 203 Å². The number of aliphatic imine (C=N–C) groups is 1. The zero-order chi connectivity index (χ0) is 25.4. The second-order valence-electron chi connectivity index (χ2n) is 8.42. The molecule has 1 fully saturated rings. The summed E-state index contributed by atoms with van der Waals surface area (Å²) in [5, 5.41) is 17.0. The topological polar surface area (TPSA) is 118 Å². The molecule has 3 aliphatic rings. The van der Waals surface area contributed by atoms with Crippen molar-refractivity contribution in [2.24, 2.45) is 16.6 Å². The van der Waals surface area contributed by atoms with Gasteiger partial charge in [0.15, 0.2) is 5.17 Å². The lowest BCUT2D eigenvalue weighted by Gasteiger charge is -2.49. The highest BCUT2D eigenvalue weighted by molar-refractivity contribution is 8.14. The summed E-state index contributed by atoms with van der Waals surface area (Å²) in [5.74, 6) is -0.948. The van der Waals surface area contributed by atoms with Crippen LogP contribution in [0.2, 0.25) is 0 Å². The minimum Gasteiger partial charge on any atom is -0.489 e. The van der Waals surface area contributed by atoms with E-state index in [0.29, 0.717) is 17.3 Å². The molecule has 5 rings (SSSR count). The molecule has 7 nitrogen and oxygen atoms in total. The number of rotatable bonds is 1. The van der Waals surface area contributed by atoms with Crippen molar-refractivity contribution in [3.05, 3.63) is 53.6 Å². The number of aliphatic carboxylic acids is 1. The molecule has 11 heteroatoms. The smallest absolute Gasteiger partial charge is 0.489 e. The minimum atomic E-state index is -5.08. The van der Waals surface area contributed by atoms with E-state index in [1.807, 2.05) is 30.3 Å². The monoisotopic (exact) mass is 505 g/mol. The van der Waals surface area contributed by atoms with Gasteiger partial charge in [-0.25, -0.2) is 9.79 Å². The number of carboxylic acid groups (broad SMARTS) is 1. The largest absolute Gasteiger partial charge is 0.490 e. The van der Waals surface area contributed by atoms with E-state index in [1.165, 1.54) is 0 Å². The van der Waals surface area contributed by atoms with E-state index in [0.717, 1.165) is 34.6 Å². The van der Waals surface area contributed by atoms with E-state index in [4.69, 9.17) is 30.1 Å². The van der Waals surface area contributed by atoms with Gasteiger partial charge in [-0.05, 0) is 42.3 Å². The Morgan fingerprint density at radius 2 is 2.00 bits per heavy atom. The number of nitrogens with two attached hydrogens (primary N) is 1. The Morgan fingerprint density at radius 1 is 1.29 bits per heavy atom. The van der Waals surface area contributed by atoms with Crippen LogP contribution >= 0.6 is 11.8 Å². The van der Waals surface area contributed by atoms with Crippen LogP contribution in [-0.4, -0.2) is 47.0 Å². The van der Waals surface area contributed by atoms with Gasteiger partial charge in [0.2, 0.25) is 0 Å². The molecule has 3 aliphatic heterocycles. The van der Waals surface area contributed by atoms with Crippen LogP contribution in [0, 0.1) is 17.2 Å². The van der Waals surface area contributed by atoms with Crippen LogP contribution < -0.4 is 10.5 Å². The summed E-state index contributed by atoms with van der Waals surface area (Å²) in [6.45, 7) is 2.82. The van der Waals surface area contributed by atoms with Gasteiger partial charge in [0.05, 0.1) is 30.3 Å². The SMILES string of the molecule is C[C@H]1OCC[C@H]2Oc3ccc(-c4cccc(C#N)c4)cc3[C@@]3(CSC(N)=N3)[C@H]12.O=C(O)C(F)(F)F. The lowest BCUT2D eigenvalue weighted by Crippen LogP contribution is -2.55. The number of hydrogen-bond donors (Lipinski definition) is 2. The van der Waals surface area contributed by atoms with E-state index in [2.05, 4.69) is 25.1 Å². The van der Waals surface area contributed by atoms with Gasteiger partial charge >= 0.3 is 12.1 Å². The summed E-state index contributed by atoms with van der Waals surface area (Å²) in [7, 11) is 0. The minimum absolute atomic E-state index is 0.0488. The van der Waals surface area contributed by atoms with E-state index in [-0.39, 0.29) is 18.1 Å². The first kappa shape index (κ1) is 24.9. The average molecular weight is 506 g/mol. The highest BCUT2D eigenvalue weighted by atomic mass is 32.2. The number of carboxylic acids is 1. The molecule has 0 bridgehead atoms. The van der Waals surface area contributed by atoms with Crippen LogP contribution in [0.1, 0.15) is 24.5 Å².